The Morgan fingerprint density at radius 1 is 1.36 bits per heavy atom. The van der Waals surface area contributed by atoms with Gasteiger partial charge in [-0.1, -0.05) is 27.7 Å². The number of methoxy groups -OCH3 is 1. The van der Waals surface area contributed by atoms with Crippen LogP contribution in [0.4, 0.5) is 0 Å². The second-order valence-corrected chi connectivity index (χ2v) is 9.79. The minimum absolute atomic E-state index is 0.0321. The van der Waals surface area contributed by atoms with Gasteiger partial charge >= 0.3 is 5.97 Å². The van der Waals surface area contributed by atoms with E-state index in [1.165, 1.54) is 20.0 Å². The maximum Gasteiger partial charge on any atom is 0.305 e. The second kappa shape index (κ2) is 6.23. The topological polar surface area (TPSA) is 59.1 Å². The van der Waals surface area contributed by atoms with E-state index < -0.39 is 0 Å². The molecule has 2 saturated carbocycles. The van der Waals surface area contributed by atoms with Gasteiger partial charge in [-0.25, -0.2) is 0 Å². The molecule has 1 aliphatic heterocycles. The summed E-state index contributed by atoms with van der Waals surface area (Å²) in [6, 6.07) is 0. The van der Waals surface area contributed by atoms with E-state index in [-0.39, 0.29) is 34.6 Å². The van der Waals surface area contributed by atoms with Crippen molar-refractivity contribution in [3.05, 3.63) is 0 Å². The second-order valence-electron chi connectivity index (χ2n) is 9.79. The highest BCUT2D eigenvalue weighted by Gasteiger charge is 2.74. The van der Waals surface area contributed by atoms with Gasteiger partial charge in [-0.2, -0.15) is 0 Å². The van der Waals surface area contributed by atoms with Crippen LogP contribution in [0.3, 0.4) is 0 Å². The normalized spacial score (nSPS) is 49.7. The lowest BCUT2D eigenvalue weighted by atomic mass is 9.44. The van der Waals surface area contributed by atoms with Crippen molar-refractivity contribution in [2.45, 2.75) is 91.0 Å². The van der Waals surface area contributed by atoms with Crippen molar-refractivity contribution < 1.29 is 19.4 Å². The summed E-state index contributed by atoms with van der Waals surface area (Å²) in [5.74, 6) is 1.31. The Morgan fingerprint density at radius 3 is 2.68 bits per heavy atom. The highest BCUT2D eigenvalue weighted by molar-refractivity contribution is 5.69. The number of carbonyl (C=O) groups is 1. The summed E-state index contributed by atoms with van der Waals surface area (Å²) < 4.78 is 10.9. The van der Waals surface area contributed by atoms with Crippen molar-refractivity contribution in [1.82, 2.24) is 0 Å². The molecule has 0 bridgehead atoms. The van der Waals surface area contributed by atoms with Gasteiger partial charge in [-0.15, -0.1) is 0 Å². The number of rotatable bonds is 5. The number of esters is 1. The first-order chi connectivity index (χ1) is 11.6. The van der Waals surface area contributed by atoms with E-state index in [9.17, 15) is 9.90 Å². The van der Waals surface area contributed by atoms with E-state index in [0.29, 0.717) is 24.2 Å². The molecule has 0 radical (unpaired) electrons. The summed E-state index contributed by atoms with van der Waals surface area (Å²) in [5, 5.41) is 10.6. The molecule has 3 rings (SSSR count). The van der Waals surface area contributed by atoms with Crippen LogP contribution in [0, 0.1) is 28.6 Å². The van der Waals surface area contributed by atoms with Gasteiger partial charge in [0.25, 0.3) is 0 Å². The minimum atomic E-state index is -0.333. The van der Waals surface area contributed by atoms with Crippen molar-refractivity contribution in [2.75, 3.05) is 7.11 Å². The van der Waals surface area contributed by atoms with Gasteiger partial charge in [-0.3, -0.25) is 4.79 Å². The number of aliphatic hydroxyl groups excluding tert-OH is 1. The molecule has 3 aliphatic rings. The molecular weight excluding hydrogens is 316 g/mol. The van der Waals surface area contributed by atoms with Crippen molar-refractivity contribution >= 4 is 5.97 Å². The molecule has 4 heteroatoms. The van der Waals surface area contributed by atoms with Crippen LogP contribution >= 0.6 is 0 Å². The van der Waals surface area contributed by atoms with Crippen molar-refractivity contribution in [3.63, 3.8) is 0 Å². The van der Waals surface area contributed by atoms with E-state index in [2.05, 4.69) is 34.6 Å². The Kier molecular flexibility index (Phi) is 4.77. The number of fused-ring (bicyclic) bond motifs is 3. The van der Waals surface area contributed by atoms with Crippen molar-refractivity contribution in [2.24, 2.45) is 28.6 Å². The maximum absolute atomic E-state index is 11.6. The molecule has 0 aromatic carbocycles. The average Bonchev–Trinajstić information content (AvgIpc) is 3.27. The zero-order chi connectivity index (χ0) is 18.6. The van der Waals surface area contributed by atoms with Crippen LogP contribution in [0.5, 0.6) is 0 Å². The Labute approximate surface area is 152 Å². The number of epoxide rings is 1. The fraction of sp³-hybridized carbons (Fsp3) is 0.952. The number of hydrogen-bond acceptors (Lipinski definition) is 4. The SMILES string of the molecule is COC(=O)CC(C)CC[C@@]1(C)[C@H](C)CC[C@]2(C)[C@@H]1C[C@@H](O)[C@H]1O[C@]12C. The Balaban J connectivity index is 1.77. The first-order valence-corrected chi connectivity index (χ1v) is 10.0. The number of aliphatic hydroxyl groups is 1. The van der Waals surface area contributed by atoms with Crippen LogP contribution in [0.25, 0.3) is 0 Å². The lowest BCUT2D eigenvalue weighted by Gasteiger charge is -2.59. The third-order valence-corrected chi connectivity index (χ3v) is 8.52. The summed E-state index contributed by atoms with van der Waals surface area (Å²) in [4.78, 5) is 11.6. The Hall–Kier alpha value is -0.610. The van der Waals surface area contributed by atoms with Crippen molar-refractivity contribution in [3.8, 4) is 0 Å². The fourth-order valence-corrected chi connectivity index (χ4v) is 6.16. The van der Waals surface area contributed by atoms with Crippen LogP contribution in [0.15, 0.2) is 0 Å². The minimum Gasteiger partial charge on any atom is -0.469 e. The molecule has 8 atom stereocenters. The highest BCUT2D eigenvalue weighted by Crippen LogP contribution is 2.70. The first kappa shape index (κ1) is 19.2. The van der Waals surface area contributed by atoms with E-state index in [1.54, 1.807) is 0 Å². The fourth-order valence-electron chi connectivity index (χ4n) is 6.16. The van der Waals surface area contributed by atoms with Crippen LogP contribution < -0.4 is 0 Å². The van der Waals surface area contributed by atoms with E-state index in [4.69, 9.17) is 9.47 Å². The Morgan fingerprint density at radius 2 is 2.04 bits per heavy atom. The first-order valence-electron chi connectivity index (χ1n) is 10.0. The monoisotopic (exact) mass is 352 g/mol. The third-order valence-electron chi connectivity index (χ3n) is 8.52. The smallest absolute Gasteiger partial charge is 0.305 e. The summed E-state index contributed by atoms with van der Waals surface area (Å²) >= 11 is 0. The molecule has 1 N–H and O–H groups in total. The summed E-state index contributed by atoms with van der Waals surface area (Å²) in [7, 11) is 1.46. The molecule has 1 saturated heterocycles. The summed E-state index contributed by atoms with van der Waals surface area (Å²) in [6.45, 7) is 11.5. The Bertz CT molecular complexity index is 534. The lowest BCUT2D eigenvalue weighted by molar-refractivity contribution is -0.142. The van der Waals surface area contributed by atoms with E-state index >= 15 is 0 Å². The van der Waals surface area contributed by atoms with Crippen LogP contribution in [0.2, 0.25) is 0 Å². The average molecular weight is 353 g/mol. The summed E-state index contributed by atoms with van der Waals surface area (Å²) in [6.07, 6.45) is 5.57. The van der Waals surface area contributed by atoms with Crippen LogP contribution in [-0.4, -0.2) is 36.0 Å². The standard InChI is InChI=1S/C21H36O4/c1-13(11-17(23)24-6)7-9-19(3)14(2)8-10-20(4)16(19)12-15(22)18-21(20,5)25-18/h13-16,18,22H,7-12H2,1-6H3/t13?,14-,15-,16-,18-,19+,20-,21-/m1/s1. The molecule has 3 fully saturated rings. The quantitative estimate of drug-likeness (QED) is 0.601. The van der Waals surface area contributed by atoms with Gasteiger partial charge in [0, 0.05) is 11.8 Å². The molecule has 0 aromatic rings. The predicted molar refractivity (Wildman–Crippen MR) is 97.0 cm³/mol. The summed E-state index contributed by atoms with van der Waals surface area (Å²) in [5.41, 5.74) is 0.163. The molecule has 1 unspecified atom stereocenters. The lowest BCUT2D eigenvalue weighted by Crippen LogP contribution is -2.58. The molecule has 4 nitrogen and oxygen atoms in total. The molecule has 2 aliphatic carbocycles. The molecule has 0 aromatic heterocycles. The zero-order valence-corrected chi connectivity index (χ0v) is 16.8. The van der Waals surface area contributed by atoms with Gasteiger partial charge in [0.15, 0.2) is 0 Å². The van der Waals surface area contributed by atoms with E-state index in [0.717, 1.165) is 19.3 Å². The zero-order valence-electron chi connectivity index (χ0n) is 16.8. The highest BCUT2D eigenvalue weighted by atomic mass is 16.6. The third kappa shape index (κ3) is 2.84. The molecule has 0 spiro atoms. The molecule has 144 valence electrons. The van der Waals surface area contributed by atoms with Gasteiger partial charge < -0.3 is 14.6 Å². The van der Waals surface area contributed by atoms with Gasteiger partial charge in [0.05, 0.1) is 13.2 Å². The van der Waals surface area contributed by atoms with Gasteiger partial charge in [-0.05, 0) is 62.2 Å². The predicted octanol–water partition coefficient (Wildman–Crippen LogP) is 3.95. The molecular formula is C21H36O4. The van der Waals surface area contributed by atoms with Gasteiger partial charge in [0.1, 0.15) is 11.7 Å². The van der Waals surface area contributed by atoms with Crippen LogP contribution in [-0.2, 0) is 14.3 Å². The maximum atomic E-state index is 11.6. The number of hydrogen-bond donors (Lipinski definition) is 1. The molecule has 1 heterocycles. The number of ether oxygens (including phenoxy) is 2. The van der Waals surface area contributed by atoms with Gasteiger partial charge in [0.2, 0.25) is 0 Å². The van der Waals surface area contributed by atoms with Crippen LogP contribution in [0.1, 0.15) is 73.1 Å². The van der Waals surface area contributed by atoms with E-state index in [1.807, 2.05) is 0 Å². The van der Waals surface area contributed by atoms with Crippen molar-refractivity contribution in [1.29, 1.82) is 0 Å². The molecule has 25 heavy (non-hydrogen) atoms. The molecule has 0 amide bonds. The number of carbonyl (C=O) groups excluding carboxylic acids is 1. The largest absolute Gasteiger partial charge is 0.469 e.